The number of alkyl carbamates (subject to hydrolysis) is 1. The Morgan fingerprint density at radius 3 is 2.01 bits per heavy atom. The molecule has 1 aromatic carbocycles. The number of esters is 1. The number of anilines is 1. The van der Waals surface area contributed by atoms with Crippen LogP contribution in [0.1, 0.15) is 148 Å². The second-order valence-corrected chi connectivity index (χ2v) is 39.7. The van der Waals surface area contributed by atoms with Gasteiger partial charge >= 0.3 is 25.7 Å². The van der Waals surface area contributed by atoms with Crippen molar-refractivity contribution in [3.8, 4) is 0 Å². The van der Waals surface area contributed by atoms with Gasteiger partial charge in [-0.25, -0.2) is 14.4 Å². The van der Waals surface area contributed by atoms with E-state index < -0.39 is 201 Å². The number of fused-ring (bicyclic) bond motifs is 6. The number of primary amides is 1. The van der Waals surface area contributed by atoms with Crippen LogP contribution in [-0.2, 0) is 140 Å². The number of nitrogens with one attached hydrogen (secondary N) is 10. The third-order valence-electron chi connectivity index (χ3n) is 26.9. The van der Waals surface area contributed by atoms with Gasteiger partial charge in [0.05, 0.1) is 146 Å². The maximum Gasteiger partial charge on any atom is 0.407 e. The molecule has 13 rings (SSSR count). The van der Waals surface area contributed by atoms with Crippen LogP contribution >= 0.6 is 7.60 Å². The number of aliphatic hydroxyl groups is 1. The number of aliphatic hydroxyl groups excluding tert-OH is 1. The van der Waals surface area contributed by atoms with E-state index in [1.165, 1.54) is 17.0 Å². The molecule has 46 nitrogen and oxygen atoms in total. The fraction of sp³-hybridized carbons (Fsp3) is 0.720. The lowest BCUT2D eigenvalue weighted by molar-refractivity contribution is -0.292. The molecule has 47 heteroatoms. The number of likely N-dealkylation sites (N-methyl/N-ethyl adjacent to an activating group) is 1. The zero-order valence-corrected chi connectivity index (χ0v) is 80.8. The van der Waals surface area contributed by atoms with E-state index in [-0.39, 0.29) is 222 Å². The number of cyclic esters (lactones) is 1. The fourth-order valence-corrected chi connectivity index (χ4v) is 20.1. The number of urea groups is 1. The molecule has 12 heterocycles. The maximum absolute atomic E-state index is 14.6. The Balaban J connectivity index is 0.559. The van der Waals surface area contributed by atoms with Crippen molar-refractivity contribution in [2.45, 2.75) is 283 Å². The molecule has 0 radical (unpaired) electrons. The van der Waals surface area contributed by atoms with E-state index in [0.717, 1.165) is 49.0 Å². The second-order valence-electron chi connectivity index (χ2n) is 37.9. The first kappa shape index (κ1) is 109. The molecule has 24 atom stereocenters. The van der Waals surface area contributed by atoms with E-state index >= 15 is 0 Å². The van der Waals surface area contributed by atoms with Crippen LogP contribution in [0.25, 0.3) is 0 Å². The normalized spacial score (nSPS) is 29.1. The number of rotatable bonds is 49. The second kappa shape index (κ2) is 52.2. The van der Waals surface area contributed by atoms with Crippen LogP contribution in [0.4, 0.5) is 15.3 Å². The van der Waals surface area contributed by atoms with Crippen molar-refractivity contribution < 1.29 is 158 Å². The molecule has 0 saturated carbocycles. The number of benzene rings is 1. The van der Waals surface area contributed by atoms with E-state index in [4.69, 9.17) is 86.6 Å². The molecule has 1 spiro atoms. The van der Waals surface area contributed by atoms with Crippen molar-refractivity contribution in [3.63, 3.8) is 0 Å². The number of Topliss-reactive ketones (excluding diaryl/α,β-unsaturated/α-hetero) is 1. The monoisotopic (exact) mass is 2000 g/mol. The molecule has 11 fully saturated rings. The first-order valence-electron chi connectivity index (χ1n) is 48.4. The molecule has 778 valence electrons. The molecule has 0 unspecified atom stereocenters. The van der Waals surface area contributed by atoms with Crippen molar-refractivity contribution in [1.82, 2.24) is 57.7 Å². The summed E-state index contributed by atoms with van der Waals surface area (Å²) in [5, 5.41) is 37.5. The molecule has 12 aliphatic rings. The van der Waals surface area contributed by atoms with E-state index in [9.17, 15) is 76.8 Å². The Morgan fingerprint density at radius 1 is 0.636 bits per heavy atom. The van der Waals surface area contributed by atoms with Gasteiger partial charge in [0.2, 0.25) is 47.3 Å². The van der Waals surface area contributed by atoms with Crippen molar-refractivity contribution >= 4 is 96.2 Å². The summed E-state index contributed by atoms with van der Waals surface area (Å²) >= 11 is 0. The summed E-state index contributed by atoms with van der Waals surface area (Å²) in [5.41, 5.74) is 8.06. The Bertz CT molecular complexity index is 4570. The number of hydrogen-bond donors (Lipinski definition) is 14. The van der Waals surface area contributed by atoms with Gasteiger partial charge in [-0.2, -0.15) is 0 Å². The summed E-state index contributed by atoms with van der Waals surface area (Å²) in [4.78, 5) is 205. The number of amides is 13. The Hall–Kier alpha value is -9.43. The quantitative estimate of drug-likeness (QED) is 0.0126. The number of imide groups is 1. The lowest BCUT2D eigenvalue weighted by atomic mass is 9.81. The first-order valence-corrected chi connectivity index (χ1v) is 50.2. The Kier molecular flexibility index (Phi) is 40.8. The highest BCUT2D eigenvalue weighted by Crippen LogP contribution is 2.55. The van der Waals surface area contributed by atoms with E-state index in [1.54, 1.807) is 40.1 Å². The van der Waals surface area contributed by atoms with Crippen molar-refractivity contribution in [2.75, 3.05) is 131 Å². The third kappa shape index (κ3) is 31.8. The molecule has 12 aliphatic heterocycles. The number of nitrogens with two attached hydrogens (primary N) is 1. The highest BCUT2D eigenvalue weighted by Gasteiger charge is 2.69. The number of carbonyl (C=O) groups is 14. The van der Waals surface area contributed by atoms with Crippen LogP contribution in [0.5, 0.6) is 0 Å². The minimum atomic E-state index is -4.47. The van der Waals surface area contributed by atoms with Gasteiger partial charge in [0.25, 0.3) is 11.8 Å². The molecule has 13 amide bonds. The standard InChI is InChI=1S/C93H138N13O33P/c1-51(2)79(104-87(116)65(44-75(111)101-64-21-30-130-90(64)119)102-76(112)49-105(6)28-26-95-73(109)22-29-126-32-34-128-36-37-129-35-33-127-31-27-96-88(117)66(106-77(113)18-19-78(106)114)48-98-74(110)23-38-140(122,123)124)89(118)103-63(9-8-25-97-91(94)120)86(115)100-56-12-10-55(11-13-56)50-131-92(121)99-47-58(108)43-71-80(125-7)62-42-57(107)41-60-15-17-68-81(134-60)85-84-83(136-68)82-72(137-84)46-93(138-82,139-85)24-20-61-40-53(4)67(132-61)16-14-59-39-52(3)54(5)69(133-59)45-70(62)135-71/h10-13,18-19,51-52,58-72,79-85,108H,4-5,8-9,14-17,20-50H2,1-3,6-7H3,(H,95,109)(H,96,117)(H,98,110)(H,99,121)(H,100,115)(H,101,111)(H,102,112)(H,103,118)(H,104,116)(H3,94,97,120)(H2,122,123,124)/t52-,58+,59+,60-,61+,62+,63+,64+,65+,66+,67+,68+,69-,70+,71-,72-,79+,80-,81+,82+,83+,84-,85+,93+/m1/s1. The van der Waals surface area contributed by atoms with Gasteiger partial charge in [0.15, 0.2) is 5.79 Å². The zero-order valence-electron chi connectivity index (χ0n) is 79.9. The van der Waals surface area contributed by atoms with Crippen LogP contribution in [0.15, 0.2) is 60.7 Å². The van der Waals surface area contributed by atoms with E-state index in [0.29, 0.717) is 49.0 Å². The number of hydrogen-bond acceptors (Lipinski definition) is 32. The molecule has 140 heavy (non-hydrogen) atoms. The number of ketones is 1. The van der Waals surface area contributed by atoms with Gasteiger partial charge in [0.1, 0.15) is 73.1 Å². The highest BCUT2D eigenvalue weighted by atomic mass is 31.2. The maximum atomic E-state index is 14.6. The lowest BCUT2D eigenvalue weighted by Gasteiger charge is -2.47. The van der Waals surface area contributed by atoms with Gasteiger partial charge < -0.3 is 145 Å². The minimum Gasteiger partial charge on any atom is -0.464 e. The molecular weight excluding hydrogens is 1860 g/mol. The smallest absolute Gasteiger partial charge is 0.407 e. The van der Waals surface area contributed by atoms with Gasteiger partial charge in [-0.1, -0.05) is 46.1 Å². The summed E-state index contributed by atoms with van der Waals surface area (Å²) in [6, 6.07) is -1.39. The summed E-state index contributed by atoms with van der Waals surface area (Å²) in [6.07, 6.45) is -0.437. The average Bonchev–Trinajstić information content (AvgIpc) is 1.54. The molecule has 15 N–H and O–H groups in total. The highest BCUT2D eigenvalue weighted by molar-refractivity contribution is 7.51. The fourth-order valence-electron chi connectivity index (χ4n) is 19.6. The predicted molar refractivity (Wildman–Crippen MR) is 491 cm³/mol. The summed E-state index contributed by atoms with van der Waals surface area (Å²) in [5.74, 6) is -10.2. The average molecular weight is 2000 g/mol. The third-order valence-corrected chi connectivity index (χ3v) is 27.7. The number of ether oxygens (including phenoxy) is 15. The first-order chi connectivity index (χ1) is 66.9. The molecule has 1 aromatic rings. The van der Waals surface area contributed by atoms with Crippen molar-refractivity contribution in [1.29, 1.82) is 0 Å². The Morgan fingerprint density at radius 2 is 1.31 bits per heavy atom. The molecule has 12 bridgehead atoms. The van der Waals surface area contributed by atoms with Crippen LogP contribution in [0.2, 0.25) is 0 Å². The summed E-state index contributed by atoms with van der Waals surface area (Å²) < 4.78 is 105. The van der Waals surface area contributed by atoms with Crippen molar-refractivity contribution in [2.24, 2.45) is 23.5 Å². The predicted octanol–water partition coefficient (Wildman–Crippen LogP) is -0.677. The van der Waals surface area contributed by atoms with Crippen LogP contribution < -0.4 is 58.9 Å². The van der Waals surface area contributed by atoms with Gasteiger partial charge in [-0.15, -0.1) is 0 Å². The zero-order chi connectivity index (χ0) is 100. The molecular formula is C93H138N13O33P. The number of nitrogens with zero attached hydrogens (tertiary/aromatic N) is 2. The van der Waals surface area contributed by atoms with E-state index in [2.05, 4.69) is 73.2 Å². The van der Waals surface area contributed by atoms with E-state index in [1.807, 2.05) is 0 Å². The number of carbonyl (C=O) groups excluding carboxylic acids is 14. The molecule has 0 aliphatic carbocycles. The van der Waals surface area contributed by atoms with Crippen LogP contribution in [0, 0.1) is 17.8 Å². The molecule has 11 saturated heterocycles. The van der Waals surface area contributed by atoms with Gasteiger partial charge in [0, 0.05) is 128 Å². The van der Waals surface area contributed by atoms with Crippen LogP contribution in [-0.4, -0.2) is 367 Å². The minimum absolute atomic E-state index is 0.00796. The van der Waals surface area contributed by atoms with Gasteiger partial charge in [-0.3, -0.25) is 67.1 Å². The Labute approximate surface area is 811 Å². The van der Waals surface area contributed by atoms with Crippen molar-refractivity contribution in [3.05, 3.63) is 66.3 Å². The summed E-state index contributed by atoms with van der Waals surface area (Å²) in [6.45, 7) is 14.4. The van der Waals surface area contributed by atoms with Crippen LogP contribution in [0.3, 0.4) is 0 Å². The SMILES string of the molecule is C=C1C[C@@H]2CC[C@@]34C[C@H]5O[C@H]6[C@@H](O3)[C@H]3O[C@H](CC[C@@H]3O[C@H]6[C@H]5O4)CC(=O)C[C@@H]3[C@@H](OC)[C@@H](C[C@H](O)CNC(=O)OCc4ccc(NC(=O)[C@H](CCCNC(N)=O)NC(=O)[C@@H](NC(=O)[C@H](CC(=O)N[C@H]5CCOC5=O)NC(=O)CN(C)CCNC(=O)CCOCCOCCOCCOCCNC(=O)[C@H](CNC(=O)CCP(=O)(O)O)N5C(=O)C=CC5=O)C(C)C)cc4)O[C@H]3C[C@H]3O[C@@H](CC[C@@H]1O2)C[C@@H](C)C3=C. The summed E-state index contributed by atoms with van der Waals surface area (Å²) in [7, 11) is -1.34. The number of methoxy groups -OCH3 is 1. The largest absolute Gasteiger partial charge is 0.464 e. The topological polar surface area (TPSA) is 608 Å². The lowest BCUT2D eigenvalue weighted by Crippen LogP contribution is -2.61. The molecule has 0 aromatic heterocycles. The van der Waals surface area contributed by atoms with Gasteiger partial charge in [-0.05, 0) is 106 Å².